The van der Waals surface area contributed by atoms with Crippen molar-refractivity contribution in [2.75, 3.05) is 0 Å². The molecule has 0 radical (unpaired) electrons. The first-order valence-electron chi connectivity index (χ1n) is 3.63. The molecule has 0 amide bonds. The van der Waals surface area contributed by atoms with E-state index in [4.69, 9.17) is 0 Å². The van der Waals surface area contributed by atoms with Crippen molar-refractivity contribution in [2.45, 2.75) is 32.4 Å². The van der Waals surface area contributed by atoms with E-state index in [1.54, 1.807) is 20.8 Å². The average molecular weight is 194 g/mol. The lowest BCUT2D eigenvalue weighted by atomic mass is 9.90. The quantitative estimate of drug-likeness (QED) is 0.636. The molecule has 13 heavy (non-hydrogen) atoms. The van der Waals surface area contributed by atoms with Crippen LogP contribution in [-0.2, 0) is 11.6 Å². The molecule has 0 saturated carbocycles. The van der Waals surface area contributed by atoms with Crippen LogP contribution < -0.4 is 0 Å². The second-order valence-corrected chi connectivity index (χ2v) is 3.71. The minimum absolute atomic E-state index is 0.167. The van der Waals surface area contributed by atoms with Gasteiger partial charge in [-0.05, 0) is 5.16 Å². The fraction of sp³-hybridized carbons (Fsp3) is 0.714. The van der Waals surface area contributed by atoms with Gasteiger partial charge in [0.25, 0.3) is 0 Å². The van der Waals surface area contributed by atoms with Gasteiger partial charge in [0.15, 0.2) is 0 Å². The van der Waals surface area contributed by atoms with Crippen LogP contribution >= 0.6 is 0 Å². The SMILES string of the molecule is CC(C)(C)c1nonc1C(F)(F)F. The van der Waals surface area contributed by atoms with Gasteiger partial charge < -0.3 is 0 Å². The van der Waals surface area contributed by atoms with E-state index in [0.717, 1.165) is 0 Å². The zero-order valence-corrected chi connectivity index (χ0v) is 7.44. The summed E-state index contributed by atoms with van der Waals surface area (Å²) in [6.07, 6.45) is -4.50. The zero-order chi connectivity index (χ0) is 10.3. The highest BCUT2D eigenvalue weighted by atomic mass is 19.4. The highest BCUT2D eigenvalue weighted by Gasteiger charge is 2.41. The smallest absolute Gasteiger partial charge is 0.244 e. The van der Waals surface area contributed by atoms with Crippen molar-refractivity contribution >= 4 is 0 Å². The third-order valence-corrected chi connectivity index (χ3v) is 1.47. The molecule has 0 atom stereocenters. The maximum Gasteiger partial charge on any atom is 0.438 e. The van der Waals surface area contributed by atoms with Gasteiger partial charge in [-0.2, -0.15) is 13.2 Å². The third kappa shape index (κ3) is 1.99. The Morgan fingerprint density at radius 1 is 1.00 bits per heavy atom. The van der Waals surface area contributed by atoms with Gasteiger partial charge in [-0.15, -0.1) is 0 Å². The van der Waals surface area contributed by atoms with E-state index < -0.39 is 17.3 Å². The molecule has 0 aliphatic carbocycles. The molecule has 74 valence electrons. The molecule has 0 unspecified atom stereocenters. The Morgan fingerprint density at radius 2 is 1.46 bits per heavy atom. The van der Waals surface area contributed by atoms with Crippen LogP contribution in [0.25, 0.3) is 0 Å². The summed E-state index contributed by atoms with van der Waals surface area (Å²) in [6, 6.07) is 0. The van der Waals surface area contributed by atoms with Gasteiger partial charge in [0.1, 0.15) is 5.69 Å². The number of hydrogen-bond donors (Lipinski definition) is 0. The molecular formula is C7H9F3N2O. The molecule has 6 heteroatoms. The molecule has 1 aromatic rings. The standard InChI is InChI=1S/C7H9F3N2O/c1-6(2,3)4-5(7(8,9)10)12-13-11-4/h1-3H3. The van der Waals surface area contributed by atoms with Gasteiger partial charge in [-0.25, -0.2) is 4.63 Å². The fourth-order valence-corrected chi connectivity index (χ4v) is 0.867. The Balaban J connectivity index is 3.19. The van der Waals surface area contributed by atoms with Crippen LogP contribution in [0, 0.1) is 0 Å². The Morgan fingerprint density at radius 3 is 1.77 bits per heavy atom. The minimum Gasteiger partial charge on any atom is -0.244 e. The van der Waals surface area contributed by atoms with Gasteiger partial charge in [0.2, 0.25) is 5.69 Å². The Hall–Kier alpha value is -1.07. The van der Waals surface area contributed by atoms with Crippen LogP contribution in [0.4, 0.5) is 13.2 Å². The number of hydrogen-bond acceptors (Lipinski definition) is 3. The molecule has 1 aromatic heterocycles. The van der Waals surface area contributed by atoms with E-state index >= 15 is 0 Å². The van der Waals surface area contributed by atoms with E-state index in [0.29, 0.717) is 0 Å². The van der Waals surface area contributed by atoms with Crippen LogP contribution in [0.5, 0.6) is 0 Å². The molecule has 0 aromatic carbocycles. The second-order valence-electron chi connectivity index (χ2n) is 3.71. The van der Waals surface area contributed by atoms with Crippen LogP contribution in [-0.4, -0.2) is 10.3 Å². The first-order chi connectivity index (χ1) is 5.73. The van der Waals surface area contributed by atoms with Crippen LogP contribution in [0.1, 0.15) is 32.2 Å². The summed E-state index contributed by atoms with van der Waals surface area (Å²) in [7, 11) is 0. The predicted octanol–water partition coefficient (Wildman–Crippen LogP) is 2.39. The summed E-state index contributed by atoms with van der Waals surface area (Å²) in [5.41, 5.74) is -1.93. The zero-order valence-electron chi connectivity index (χ0n) is 7.44. The van der Waals surface area contributed by atoms with E-state index in [1.165, 1.54) is 0 Å². The van der Waals surface area contributed by atoms with Gasteiger partial charge in [0, 0.05) is 5.41 Å². The molecule has 0 bridgehead atoms. The van der Waals surface area contributed by atoms with Gasteiger partial charge in [-0.1, -0.05) is 25.9 Å². The van der Waals surface area contributed by atoms with Crippen molar-refractivity contribution in [1.82, 2.24) is 10.3 Å². The van der Waals surface area contributed by atoms with Crippen LogP contribution in [0.3, 0.4) is 0 Å². The monoisotopic (exact) mass is 194 g/mol. The fourth-order valence-electron chi connectivity index (χ4n) is 0.867. The maximum atomic E-state index is 12.2. The molecule has 0 aliphatic heterocycles. The molecule has 0 saturated heterocycles. The number of aromatic nitrogens is 2. The van der Waals surface area contributed by atoms with Crippen molar-refractivity contribution in [2.24, 2.45) is 0 Å². The Bertz CT molecular complexity index is 269. The first-order valence-corrected chi connectivity index (χ1v) is 3.63. The molecule has 0 aliphatic rings. The largest absolute Gasteiger partial charge is 0.438 e. The average Bonchev–Trinajstić information content (AvgIpc) is 2.27. The first kappa shape index (κ1) is 10.0. The van der Waals surface area contributed by atoms with Gasteiger partial charge >= 0.3 is 6.18 Å². The van der Waals surface area contributed by atoms with E-state index in [2.05, 4.69) is 14.9 Å². The molecule has 0 fully saturated rings. The van der Waals surface area contributed by atoms with Crippen molar-refractivity contribution in [1.29, 1.82) is 0 Å². The van der Waals surface area contributed by atoms with Crippen LogP contribution in [0.2, 0.25) is 0 Å². The van der Waals surface area contributed by atoms with Gasteiger partial charge in [-0.3, -0.25) is 0 Å². The Labute approximate surface area is 72.9 Å². The lowest BCUT2D eigenvalue weighted by Crippen LogP contribution is -2.19. The molecule has 1 heterocycles. The lowest BCUT2D eigenvalue weighted by molar-refractivity contribution is -0.143. The highest BCUT2D eigenvalue weighted by molar-refractivity contribution is 5.19. The number of rotatable bonds is 0. The second kappa shape index (κ2) is 2.71. The summed E-state index contributed by atoms with van der Waals surface area (Å²) < 4.78 is 40.8. The summed E-state index contributed by atoms with van der Waals surface area (Å²) >= 11 is 0. The van der Waals surface area contributed by atoms with Gasteiger partial charge in [0.05, 0.1) is 0 Å². The van der Waals surface area contributed by atoms with E-state index in [9.17, 15) is 13.2 Å². The Kier molecular flexibility index (Phi) is 2.09. The summed E-state index contributed by atoms with van der Waals surface area (Å²) in [6.45, 7) is 4.84. The van der Waals surface area contributed by atoms with Crippen molar-refractivity contribution in [3.63, 3.8) is 0 Å². The summed E-state index contributed by atoms with van der Waals surface area (Å²) in [4.78, 5) is 0. The molecule has 0 N–H and O–H groups in total. The van der Waals surface area contributed by atoms with Crippen molar-refractivity contribution in [3.05, 3.63) is 11.4 Å². The molecule has 1 rings (SSSR count). The van der Waals surface area contributed by atoms with Crippen LogP contribution in [0.15, 0.2) is 4.63 Å². The normalized spacial score (nSPS) is 13.4. The highest BCUT2D eigenvalue weighted by Crippen LogP contribution is 2.34. The lowest BCUT2D eigenvalue weighted by Gasteiger charge is -2.15. The minimum atomic E-state index is -4.50. The number of nitrogens with zero attached hydrogens (tertiary/aromatic N) is 2. The number of alkyl halides is 3. The van der Waals surface area contributed by atoms with E-state index in [-0.39, 0.29) is 5.69 Å². The maximum absolute atomic E-state index is 12.2. The molecular weight excluding hydrogens is 185 g/mol. The van der Waals surface area contributed by atoms with E-state index in [1.807, 2.05) is 0 Å². The molecule has 3 nitrogen and oxygen atoms in total. The molecule has 0 spiro atoms. The third-order valence-electron chi connectivity index (χ3n) is 1.47. The number of halogens is 3. The topological polar surface area (TPSA) is 38.9 Å². The van der Waals surface area contributed by atoms with Crippen molar-refractivity contribution in [3.8, 4) is 0 Å². The predicted molar refractivity (Wildman–Crippen MR) is 38.0 cm³/mol. The summed E-state index contributed by atoms with van der Waals surface area (Å²) in [5, 5.41) is 6.09. The van der Waals surface area contributed by atoms with Crippen molar-refractivity contribution < 1.29 is 17.8 Å². The summed E-state index contributed by atoms with van der Waals surface area (Å²) in [5.74, 6) is 0.